The minimum atomic E-state index is -0.756. The van der Waals surface area contributed by atoms with Gasteiger partial charge in [0.1, 0.15) is 0 Å². The van der Waals surface area contributed by atoms with Crippen molar-refractivity contribution in [2.45, 2.75) is 45.8 Å². The molecule has 27 heavy (non-hydrogen) atoms. The summed E-state index contributed by atoms with van der Waals surface area (Å²) in [6.45, 7) is 5.94. The first kappa shape index (κ1) is 17.7. The summed E-state index contributed by atoms with van der Waals surface area (Å²) in [5.74, 6) is -0.891. The number of amides is 2. The van der Waals surface area contributed by atoms with Crippen LogP contribution in [-0.4, -0.2) is 24.0 Å². The molecule has 0 unspecified atom stereocenters. The van der Waals surface area contributed by atoms with Crippen molar-refractivity contribution in [3.63, 3.8) is 0 Å². The van der Waals surface area contributed by atoms with Crippen molar-refractivity contribution in [3.05, 3.63) is 59.7 Å². The van der Waals surface area contributed by atoms with E-state index in [0.29, 0.717) is 5.69 Å². The molecule has 2 fully saturated rings. The fourth-order valence-electron chi connectivity index (χ4n) is 4.29. The van der Waals surface area contributed by atoms with Crippen LogP contribution in [0, 0.1) is 19.8 Å². The first-order chi connectivity index (χ1) is 13.0. The van der Waals surface area contributed by atoms with Gasteiger partial charge in [-0.1, -0.05) is 49.7 Å². The number of para-hydroxylation sites is 2. The Morgan fingerprint density at radius 3 is 2.22 bits per heavy atom. The lowest BCUT2D eigenvalue weighted by molar-refractivity contribution is -0.126. The number of carbonyl (C=O) groups is 2. The Morgan fingerprint density at radius 1 is 0.926 bits per heavy atom. The van der Waals surface area contributed by atoms with Crippen LogP contribution in [0.1, 0.15) is 30.9 Å². The van der Waals surface area contributed by atoms with E-state index in [1.165, 1.54) is 4.90 Å². The van der Waals surface area contributed by atoms with Crippen molar-refractivity contribution in [2.75, 3.05) is 9.96 Å². The molecule has 2 aromatic rings. The van der Waals surface area contributed by atoms with Crippen molar-refractivity contribution < 1.29 is 14.4 Å². The number of anilines is 2. The number of hydrogen-bond donors (Lipinski definition) is 0. The normalized spacial score (nSPS) is 24.6. The number of hydrogen-bond acceptors (Lipinski definition) is 4. The maximum Gasteiger partial charge on any atom is 0.266 e. The third-order valence-corrected chi connectivity index (χ3v) is 5.50. The van der Waals surface area contributed by atoms with Gasteiger partial charge in [0.05, 0.1) is 23.3 Å². The van der Waals surface area contributed by atoms with Crippen LogP contribution in [0.3, 0.4) is 0 Å². The quantitative estimate of drug-likeness (QED) is 0.775. The van der Waals surface area contributed by atoms with Gasteiger partial charge >= 0.3 is 0 Å². The average Bonchev–Trinajstić information content (AvgIpc) is 3.14. The van der Waals surface area contributed by atoms with Gasteiger partial charge in [-0.05, 0) is 43.5 Å². The van der Waals surface area contributed by atoms with Gasteiger partial charge in [0.25, 0.3) is 5.91 Å². The van der Waals surface area contributed by atoms with Crippen LogP contribution in [0.5, 0.6) is 0 Å². The molecule has 2 aliphatic rings. The SMILES string of the molecule is CCC[C@@H]1[C@H]2C(=O)N(c3c(C)cccc3C)C(=O)[C@H]2ON1c1ccccc1. The second-order valence-corrected chi connectivity index (χ2v) is 7.32. The summed E-state index contributed by atoms with van der Waals surface area (Å²) in [7, 11) is 0. The van der Waals surface area contributed by atoms with Gasteiger partial charge in [0, 0.05) is 0 Å². The number of fused-ring (bicyclic) bond motifs is 1. The molecule has 2 aromatic carbocycles. The smallest absolute Gasteiger partial charge is 0.266 e. The van der Waals surface area contributed by atoms with Crippen molar-refractivity contribution in [3.8, 4) is 0 Å². The fourth-order valence-corrected chi connectivity index (χ4v) is 4.29. The molecule has 2 aliphatic heterocycles. The molecule has 0 bridgehead atoms. The maximum atomic E-state index is 13.4. The second-order valence-electron chi connectivity index (χ2n) is 7.32. The molecular formula is C22H24N2O3. The van der Waals surface area contributed by atoms with Crippen LogP contribution in [0.15, 0.2) is 48.5 Å². The number of nitrogens with zero attached hydrogens (tertiary/aromatic N) is 2. The second kappa shape index (κ2) is 6.82. The molecule has 2 saturated heterocycles. The van der Waals surface area contributed by atoms with Gasteiger partial charge in [-0.3, -0.25) is 14.4 Å². The van der Waals surface area contributed by atoms with Crippen LogP contribution < -0.4 is 9.96 Å². The van der Waals surface area contributed by atoms with E-state index in [9.17, 15) is 9.59 Å². The van der Waals surface area contributed by atoms with Gasteiger partial charge in [-0.15, -0.1) is 0 Å². The van der Waals surface area contributed by atoms with Crippen LogP contribution in [0.2, 0.25) is 0 Å². The molecule has 2 amide bonds. The van der Waals surface area contributed by atoms with Gasteiger partial charge < -0.3 is 0 Å². The monoisotopic (exact) mass is 364 g/mol. The van der Waals surface area contributed by atoms with Crippen LogP contribution in [0.25, 0.3) is 0 Å². The van der Waals surface area contributed by atoms with Crippen molar-refractivity contribution in [1.29, 1.82) is 0 Å². The van der Waals surface area contributed by atoms with E-state index in [-0.39, 0.29) is 17.9 Å². The Kier molecular flexibility index (Phi) is 4.48. The molecular weight excluding hydrogens is 340 g/mol. The Labute approximate surface area is 159 Å². The topological polar surface area (TPSA) is 49.9 Å². The molecule has 0 aromatic heterocycles. The zero-order valence-electron chi connectivity index (χ0n) is 15.9. The first-order valence-electron chi connectivity index (χ1n) is 9.49. The molecule has 140 valence electrons. The van der Waals surface area contributed by atoms with Crippen LogP contribution >= 0.6 is 0 Å². The van der Waals surface area contributed by atoms with E-state index in [2.05, 4.69) is 6.92 Å². The Balaban J connectivity index is 1.72. The zero-order valence-corrected chi connectivity index (χ0v) is 15.9. The van der Waals surface area contributed by atoms with Gasteiger partial charge in [-0.25, -0.2) is 9.96 Å². The zero-order chi connectivity index (χ0) is 19.1. The third kappa shape index (κ3) is 2.73. The van der Waals surface area contributed by atoms with Gasteiger partial charge in [0.15, 0.2) is 6.10 Å². The molecule has 5 heteroatoms. The lowest BCUT2D eigenvalue weighted by atomic mass is 9.93. The summed E-state index contributed by atoms with van der Waals surface area (Å²) in [5.41, 5.74) is 3.42. The van der Waals surface area contributed by atoms with Crippen molar-refractivity contribution in [1.82, 2.24) is 0 Å². The number of hydroxylamine groups is 1. The number of carbonyl (C=O) groups excluding carboxylic acids is 2. The summed E-state index contributed by atoms with van der Waals surface area (Å²) >= 11 is 0. The van der Waals surface area contributed by atoms with E-state index >= 15 is 0 Å². The molecule has 0 radical (unpaired) electrons. The predicted octanol–water partition coefficient (Wildman–Crippen LogP) is 3.78. The summed E-state index contributed by atoms with van der Waals surface area (Å²) in [6, 6.07) is 15.3. The van der Waals surface area contributed by atoms with E-state index < -0.39 is 12.0 Å². The molecule has 3 atom stereocenters. The molecule has 4 rings (SSSR count). The molecule has 0 saturated carbocycles. The molecule has 0 aliphatic carbocycles. The highest BCUT2D eigenvalue weighted by Gasteiger charge is 2.59. The lowest BCUT2D eigenvalue weighted by Gasteiger charge is -2.29. The highest BCUT2D eigenvalue weighted by Crippen LogP contribution is 2.42. The van der Waals surface area contributed by atoms with E-state index in [4.69, 9.17) is 4.84 Å². The predicted molar refractivity (Wildman–Crippen MR) is 104 cm³/mol. The highest BCUT2D eigenvalue weighted by atomic mass is 16.7. The number of aryl methyl sites for hydroxylation is 2. The van der Waals surface area contributed by atoms with Crippen molar-refractivity contribution >= 4 is 23.2 Å². The summed E-state index contributed by atoms with van der Waals surface area (Å²) in [6.07, 6.45) is 0.939. The van der Waals surface area contributed by atoms with Gasteiger partial charge in [0.2, 0.25) is 5.91 Å². The van der Waals surface area contributed by atoms with Crippen LogP contribution in [-0.2, 0) is 14.4 Å². The lowest BCUT2D eigenvalue weighted by Crippen LogP contribution is -2.41. The Bertz CT molecular complexity index is 860. The number of imide groups is 1. The summed E-state index contributed by atoms with van der Waals surface area (Å²) in [4.78, 5) is 34.0. The van der Waals surface area contributed by atoms with Crippen molar-refractivity contribution in [2.24, 2.45) is 5.92 Å². The van der Waals surface area contributed by atoms with E-state index in [0.717, 1.165) is 29.7 Å². The van der Waals surface area contributed by atoms with Gasteiger partial charge in [-0.2, -0.15) is 0 Å². The molecule has 0 N–H and O–H groups in total. The largest absolute Gasteiger partial charge is 0.273 e. The molecule has 2 heterocycles. The minimum Gasteiger partial charge on any atom is -0.273 e. The third-order valence-electron chi connectivity index (χ3n) is 5.50. The first-order valence-corrected chi connectivity index (χ1v) is 9.49. The van der Waals surface area contributed by atoms with Crippen LogP contribution in [0.4, 0.5) is 11.4 Å². The molecule has 0 spiro atoms. The summed E-state index contributed by atoms with van der Waals surface area (Å²) in [5, 5.41) is 1.77. The average molecular weight is 364 g/mol. The maximum absolute atomic E-state index is 13.4. The highest BCUT2D eigenvalue weighted by molar-refractivity contribution is 6.24. The van der Waals surface area contributed by atoms with E-state index in [1.54, 1.807) is 5.06 Å². The Hall–Kier alpha value is -2.66. The Morgan fingerprint density at radius 2 is 1.59 bits per heavy atom. The van der Waals surface area contributed by atoms with E-state index in [1.807, 2.05) is 62.4 Å². The fraction of sp³-hybridized carbons (Fsp3) is 0.364. The standard InChI is InChI=1S/C22H24N2O3/c1-4-9-17-18-20(27-24(17)16-12-6-5-7-13-16)22(26)23(21(18)25)19-14(2)10-8-11-15(19)3/h5-8,10-13,17-18,20H,4,9H2,1-3H3/t17-,18-,20+/m1/s1. The number of rotatable bonds is 4. The summed E-state index contributed by atoms with van der Waals surface area (Å²) < 4.78 is 0. The number of benzene rings is 2. The minimum absolute atomic E-state index is 0.145. The molecule has 5 nitrogen and oxygen atoms in total.